The molecule has 0 unspecified atom stereocenters. The molecule has 0 radical (unpaired) electrons. The number of hydrogen-bond acceptors (Lipinski definition) is 3. The summed E-state index contributed by atoms with van der Waals surface area (Å²) in [5.74, 6) is 0. The van der Waals surface area contributed by atoms with Crippen molar-refractivity contribution >= 4 is 74.3 Å². The normalized spacial score (nSPS) is 14.9. The summed E-state index contributed by atoms with van der Waals surface area (Å²) in [6, 6.07) is 75.2. The second kappa shape index (κ2) is 16.5. The van der Waals surface area contributed by atoms with E-state index in [1.165, 1.54) is 101 Å². The molecule has 0 bridgehead atoms. The van der Waals surface area contributed by atoms with Crippen molar-refractivity contribution in [1.82, 2.24) is 0 Å². The molecule has 3 aliphatic rings. The van der Waals surface area contributed by atoms with Gasteiger partial charge in [0.15, 0.2) is 0 Å². The van der Waals surface area contributed by atoms with Crippen LogP contribution in [0, 0.1) is 13.8 Å². The Morgan fingerprint density at radius 1 is 0.437 bits per heavy atom. The summed E-state index contributed by atoms with van der Waals surface area (Å²) < 4.78 is 0. The van der Waals surface area contributed by atoms with Crippen molar-refractivity contribution in [3.05, 3.63) is 228 Å². The summed E-state index contributed by atoms with van der Waals surface area (Å²) in [5.41, 5.74) is 26.2. The van der Waals surface area contributed by atoms with Gasteiger partial charge in [-0.3, -0.25) is 0 Å². The summed E-state index contributed by atoms with van der Waals surface area (Å²) in [6.07, 6.45) is 1.09. The fourth-order valence-corrected chi connectivity index (χ4v) is 12.6. The summed E-state index contributed by atoms with van der Waals surface area (Å²) in [6.45, 7) is 21.4. The van der Waals surface area contributed by atoms with E-state index in [2.05, 4.69) is 277 Å². The first kappa shape index (κ1) is 44.6. The van der Waals surface area contributed by atoms with E-state index in [0.717, 1.165) is 23.5 Å². The Morgan fingerprint density at radius 3 is 1.56 bits per heavy atom. The Hall–Kier alpha value is -7.56. The third-order valence-electron chi connectivity index (χ3n) is 15.7. The molecule has 12 rings (SSSR count). The van der Waals surface area contributed by atoms with Gasteiger partial charge >= 0.3 is 0 Å². The van der Waals surface area contributed by atoms with Crippen molar-refractivity contribution < 1.29 is 0 Å². The van der Waals surface area contributed by atoms with Crippen LogP contribution in [0.3, 0.4) is 0 Å². The molecule has 0 aromatic heterocycles. The third kappa shape index (κ3) is 7.41. The van der Waals surface area contributed by atoms with Gasteiger partial charge in [0, 0.05) is 51.1 Å². The predicted octanol–water partition coefficient (Wildman–Crippen LogP) is 16.4. The molecule has 2 heterocycles. The summed E-state index contributed by atoms with van der Waals surface area (Å²) in [4.78, 5) is 7.66. The largest absolute Gasteiger partial charge is 0.311 e. The highest BCUT2D eigenvalue weighted by atomic mass is 15.2. The van der Waals surface area contributed by atoms with E-state index in [0.29, 0.717) is 0 Å². The summed E-state index contributed by atoms with van der Waals surface area (Å²) in [5, 5.41) is 0. The van der Waals surface area contributed by atoms with Crippen molar-refractivity contribution in [3.8, 4) is 22.3 Å². The van der Waals surface area contributed by atoms with Gasteiger partial charge < -0.3 is 14.7 Å². The van der Waals surface area contributed by atoms with E-state index in [1.54, 1.807) is 0 Å². The fourth-order valence-electron chi connectivity index (χ4n) is 12.6. The van der Waals surface area contributed by atoms with Crippen LogP contribution in [0.1, 0.15) is 82.7 Å². The summed E-state index contributed by atoms with van der Waals surface area (Å²) >= 11 is 0. The molecule has 0 spiro atoms. The molecule has 9 aromatic carbocycles. The zero-order chi connectivity index (χ0) is 49.0. The number of fused-ring (bicyclic) bond motifs is 5. The van der Waals surface area contributed by atoms with Gasteiger partial charge in [-0.25, -0.2) is 0 Å². The number of rotatable bonds is 7. The minimum atomic E-state index is -0.0308. The van der Waals surface area contributed by atoms with Crippen LogP contribution in [0.25, 0.3) is 22.3 Å². The molecule has 0 amide bonds. The molecule has 0 saturated heterocycles. The number of nitrogens with zero attached hydrogens (tertiary/aromatic N) is 3. The van der Waals surface area contributed by atoms with Gasteiger partial charge in [-0.05, 0) is 176 Å². The highest BCUT2D eigenvalue weighted by molar-refractivity contribution is 7.00. The first-order valence-corrected chi connectivity index (χ1v) is 25.5. The average molecular weight is 920 g/mol. The second-order valence-corrected chi connectivity index (χ2v) is 22.7. The van der Waals surface area contributed by atoms with Crippen LogP contribution in [0.5, 0.6) is 0 Å². The Balaban J connectivity index is 1.18. The predicted molar refractivity (Wildman–Crippen MR) is 305 cm³/mol. The van der Waals surface area contributed by atoms with Crippen LogP contribution in [0.2, 0.25) is 0 Å². The van der Waals surface area contributed by atoms with Gasteiger partial charge in [0.2, 0.25) is 0 Å². The molecule has 348 valence electrons. The molecule has 71 heavy (non-hydrogen) atoms. The highest BCUT2D eigenvalue weighted by Gasteiger charge is 2.48. The lowest BCUT2D eigenvalue weighted by molar-refractivity contribution is 0.403. The van der Waals surface area contributed by atoms with Crippen molar-refractivity contribution in [2.75, 3.05) is 14.7 Å². The van der Waals surface area contributed by atoms with Crippen LogP contribution >= 0.6 is 0 Å². The number of benzene rings is 9. The molecular formula is C67H62BN3. The Labute approximate surface area is 422 Å². The fraction of sp³-hybridized carbons (Fsp3) is 0.194. The lowest BCUT2D eigenvalue weighted by Gasteiger charge is -2.46. The Morgan fingerprint density at radius 2 is 0.972 bits per heavy atom. The van der Waals surface area contributed by atoms with Crippen LogP contribution in [0.4, 0.5) is 51.2 Å². The van der Waals surface area contributed by atoms with Gasteiger partial charge in [0.25, 0.3) is 6.71 Å². The topological polar surface area (TPSA) is 9.72 Å². The number of para-hydroxylation sites is 2. The zero-order valence-electron chi connectivity index (χ0n) is 42.7. The Kier molecular flexibility index (Phi) is 10.4. The molecule has 4 heteroatoms. The quantitative estimate of drug-likeness (QED) is 0.148. The smallest absolute Gasteiger partial charge is 0.252 e. The number of hydrogen-bond donors (Lipinski definition) is 0. The van der Waals surface area contributed by atoms with E-state index >= 15 is 0 Å². The van der Waals surface area contributed by atoms with Crippen LogP contribution in [-0.2, 0) is 16.2 Å². The van der Waals surface area contributed by atoms with E-state index in [4.69, 9.17) is 0 Å². The van der Waals surface area contributed by atoms with Gasteiger partial charge in [-0.2, -0.15) is 0 Å². The first-order valence-electron chi connectivity index (χ1n) is 25.5. The van der Waals surface area contributed by atoms with E-state index in [1.807, 2.05) is 0 Å². The maximum absolute atomic E-state index is 2.66. The molecule has 0 fully saturated rings. The minimum Gasteiger partial charge on any atom is -0.311 e. The first-order chi connectivity index (χ1) is 34.2. The second-order valence-electron chi connectivity index (χ2n) is 22.7. The molecular weight excluding hydrogens is 858 g/mol. The van der Waals surface area contributed by atoms with Gasteiger partial charge in [-0.1, -0.05) is 170 Å². The zero-order valence-corrected chi connectivity index (χ0v) is 42.7. The lowest BCUT2D eigenvalue weighted by atomic mass is 9.33. The summed E-state index contributed by atoms with van der Waals surface area (Å²) in [7, 11) is 0. The van der Waals surface area contributed by atoms with Gasteiger partial charge in [-0.15, -0.1) is 0 Å². The van der Waals surface area contributed by atoms with Crippen LogP contribution in [0.15, 0.2) is 200 Å². The molecule has 0 N–H and O–H groups in total. The lowest BCUT2D eigenvalue weighted by Crippen LogP contribution is -2.61. The molecule has 9 aromatic rings. The number of anilines is 9. The van der Waals surface area contributed by atoms with Crippen molar-refractivity contribution in [3.63, 3.8) is 0 Å². The number of aryl methyl sites for hydroxylation is 2. The molecule has 1 aliphatic carbocycles. The molecule has 2 aliphatic heterocycles. The van der Waals surface area contributed by atoms with Crippen molar-refractivity contribution in [2.24, 2.45) is 0 Å². The van der Waals surface area contributed by atoms with Crippen molar-refractivity contribution in [1.29, 1.82) is 0 Å². The Bertz CT molecular complexity index is 3480. The van der Waals surface area contributed by atoms with E-state index in [-0.39, 0.29) is 23.0 Å². The molecule has 0 saturated carbocycles. The maximum atomic E-state index is 2.66. The van der Waals surface area contributed by atoms with Gasteiger partial charge in [0.1, 0.15) is 0 Å². The van der Waals surface area contributed by atoms with Gasteiger partial charge in [0.05, 0.1) is 5.69 Å². The van der Waals surface area contributed by atoms with E-state index in [9.17, 15) is 0 Å². The van der Waals surface area contributed by atoms with Crippen LogP contribution in [-0.4, -0.2) is 6.71 Å². The SMILES string of the molecule is Cc1cc2c3c(c1)N(c1ccc(C(C)(C)C)cc1-c1ccccc1)c1cc4c(cc1B3c1ccc(N(c3ccccc3)c3ccccc3)cc1N2c1ccc(-c2ccccc2)cc1C)C(C)(C)CC4(C)C. The monoisotopic (exact) mass is 920 g/mol. The average Bonchev–Trinajstić information content (AvgIpc) is 3.55. The maximum Gasteiger partial charge on any atom is 0.252 e. The minimum absolute atomic E-state index is 0.00781. The third-order valence-corrected chi connectivity index (χ3v) is 15.7. The van der Waals surface area contributed by atoms with Crippen molar-refractivity contribution in [2.45, 2.75) is 85.0 Å². The molecule has 3 nitrogen and oxygen atoms in total. The van der Waals surface area contributed by atoms with Crippen LogP contribution < -0.4 is 31.1 Å². The van der Waals surface area contributed by atoms with E-state index < -0.39 is 0 Å². The highest BCUT2D eigenvalue weighted by Crippen LogP contribution is 2.54. The standard InChI is InChI=1S/C67H62BN3/c1-44-36-62-64-63(37-44)71(59-35-31-49(65(3,4)5)39-53(59)47-24-16-11-17-25-47)61-42-55-54(66(6,7)43-67(55,8)9)41-57(61)68(64)56-33-32-52(69(50-26-18-12-19-27-50)51-28-20-13-21-29-51)40-60(56)70(62)58-34-30-48(38-45(58)2)46-22-14-10-15-23-46/h10-42H,43H2,1-9H3. The molecule has 0 atom stereocenters.